The summed E-state index contributed by atoms with van der Waals surface area (Å²) < 4.78 is 1.88. The van der Waals surface area contributed by atoms with Crippen molar-refractivity contribution in [2.45, 2.75) is 31.4 Å². The molecule has 0 radical (unpaired) electrons. The first-order chi connectivity index (χ1) is 11.4. The molecule has 5 nitrogen and oxygen atoms in total. The zero-order valence-electron chi connectivity index (χ0n) is 14.4. The highest BCUT2D eigenvalue weighted by atomic mass is 16.3. The van der Waals surface area contributed by atoms with Crippen molar-refractivity contribution in [1.29, 1.82) is 5.26 Å². The van der Waals surface area contributed by atoms with Gasteiger partial charge in [0.15, 0.2) is 5.78 Å². The Morgan fingerprint density at radius 2 is 2.12 bits per heavy atom. The molecule has 0 bridgehead atoms. The minimum Gasteiger partial charge on any atom is -0.386 e. The van der Waals surface area contributed by atoms with E-state index >= 15 is 0 Å². The van der Waals surface area contributed by atoms with Gasteiger partial charge in [-0.3, -0.25) is 9.69 Å². The summed E-state index contributed by atoms with van der Waals surface area (Å²) in [6.45, 7) is 2.46. The van der Waals surface area contributed by atoms with Gasteiger partial charge in [-0.2, -0.15) is 5.26 Å². The van der Waals surface area contributed by atoms with E-state index in [0.717, 1.165) is 10.9 Å². The summed E-state index contributed by atoms with van der Waals surface area (Å²) in [7, 11) is 3.70. The zero-order chi connectivity index (χ0) is 17.5. The number of carbonyl (C=O) groups is 1. The van der Waals surface area contributed by atoms with Crippen LogP contribution in [0.4, 0.5) is 0 Å². The van der Waals surface area contributed by atoms with Crippen LogP contribution in [0.25, 0.3) is 10.9 Å². The maximum Gasteiger partial charge on any atom is 0.185 e. The van der Waals surface area contributed by atoms with Crippen molar-refractivity contribution in [2.24, 2.45) is 13.0 Å². The van der Waals surface area contributed by atoms with Crippen LogP contribution in [0.5, 0.6) is 0 Å². The Bertz CT molecular complexity index is 820. The molecule has 0 spiro atoms. The molecule has 1 N–H and O–H groups in total. The van der Waals surface area contributed by atoms with Gasteiger partial charge in [0, 0.05) is 18.0 Å². The van der Waals surface area contributed by atoms with Gasteiger partial charge in [-0.15, -0.1) is 0 Å². The smallest absolute Gasteiger partial charge is 0.185 e. The number of nitriles is 1. The Morgan fingerprint density at radius 3 is 2.75 bits per heavy atom. The first-order valence-corrected chi connectivity index (χ1v) is 8.35. The second-order valence-corrected chi connectivity index (χ2v) is 6.71. The molecule has 0 unspecified atom stereocenters. The lowest BCUT2D eigenvalue weighted by Gasteiger charge is -2.46. The summed E-state index contributed by atoms with van der Waals surface area (Å²) >= 11 is 0. The van der Waals surface area contributed by atoms with Gasteiger partial charge in [0.05, 0.1) is 17.7 Å². The van der Waals surface area contributed by atoms with Gasteiger partial charge in [-0.1, -0.05) is 25.1 Å². The lowest BCUT2D eigenvalue weighted by Crippen LogP contribution is -2.61. The van der Waals surface area contributed by atoms with Crippen LogP contribution >= 0.6 is 0 Å². The van der Waals surface area contributed by atoms with Crippen molar-refractivity contribution in [3.05, 3.63) is 36.0 Å². The highest BCUT2D eigenvalue weighted by Gasteiger charge is 2.51. The lowest BCUT2D eigenvalue weighted by molar-refractivity contribution is -0.0853. The van der Waals surface area contributed by atoms with Crippen molar-refractivity contribution in [3.8, 4) is 6.07 Å². The largest absolute Gasteiger partial charge is 0.386 e. The fourth-order valence-electron chi connectivity index (χ4n) is 4.00. The minimum absolute atomic E-state index is 0.0774. The molecule has 3 atom stereocenters. The van der Waals surface area contributed by atoms with Crippen LogP contribution < -0.4 is 0 Å². The van der Waals surface area contributed by atoms with E-state index in [-0.39, 0.29) is 5.78 Å². The molecule has 1 aliphatic heterocycles. The molecule has 0 amide bonds. The van der Waals surface area contributed by atoms with Crippen LogP contribution in [0.2, 0.25) is 0 Å². The quantitative estimate of drug-likeness (QED) is 0.880. The second kappa shape index (κ2) is 6.04. The number of piperidine rings is 1. The van der Waals surface area contributed by atoms with E-state index in [1.54, 1.807) is 0 Å². The topological polar surface area (TPSA) is 69.3 Å². The molecule has 24 heavy (non-hydrogen) atoms. The predicted molar refractivity (Wildman–Crippen MR) is 92.6 cm³/mol. The highest BCUT2D eigenvalue weighted by molar-refractivity contribution is 6.02. The third kappa shape index (κ3) is 2.34. The number of para-hydroxylation sites is 1. The molecule has 126 valence electrons. The SMILES string of the molecule is CC[C@@]1(O)[C@@H](C(=O)c2cc3ccccc3n2C)CCN(C)[C@@H]1C#N. The summed E-state index contributed by atoms with van der Waals surface area (Å²) in [6, 6.07) is 11.2. The molecular weight excluding hydrogens is 302 g/mol. The number of aryl methyl sites for hydroxylation is 1. The summed E-state index contributed by atoms with van der Waals surface area (Å²) in [5, 5.41) is 21.7. The number of hydrogen-bond acceptors (Lipinski definition) is 4. The van der Waals surface area contributed by atoms with E-state index in [0.29, 0.717) is 25.1 Å². The number of Topliss-reactive ketones (excluding diaryl/α,β-unsaturated/α-hetero) is 1. The van der Waals surface area contributed by atoms with Crippen LogP contribution in [0.1, 0.15) is 30.3 Å². The summed E-state index contributed by atoms with van der Waals surface area (Å²) in [5.74, 6) is -0.641. The van der Waals surface area contributed by atoms with Crippen molar-refractivity contribution < 1.29 is 9.90 Å². The molecule has 0 aliphatic carbocycles. The number of benzene rings is 1. The number of nitrogens with zero attached hydrogens (tertiary/aromatic N) is 3. The van der Waals surface area contributed by atoms with Crippen LogP contribution in [0.3, 0.4) is 0 Å². The number of aromatic nitrogens is 1. The van der Waals surface area contributed by atoms with Crippen molar-refractivity contribution in [2.75, 3.05) is 13.6 Å². The van der Waals surface area contributed by atoms with Gasteiger partial charge in [-0.05, 0) is 38.6 Å². The minimum atomic E-state index is -1.32. The van der Waals surface area contributed by atoms with Crippen LogP contribution in [-0.2, 0) is 7.05 Å². The molecule has 1 aliphatic rings. The number of rotatable bonds is 3. The predicted octanol–water partition coefficient (Wildman–Crippen LogP) is 2.35. The normalized spacial score (nSPS) is 28.0. The number of ketones is 1. The molecule has 1 aromatic carbocycles. The maximum atomic E-state index is 13.2. The van der Waals surface area contributed by atoms with Crippen LogP contribution in [0, 0.1) is 17.2 Å². The van der Waals surface area contributed by atoms with E-state index in [2.05, 4.69) is 6.07 Å². The number of likely N-dealkylation sites (tertiary alicyclic amines) is 1. The standard InChI is InChI=1S/C19H23N3O2/c1-4-19(24)14(9-10-21(2)17(19)12-20)18(23)16-11-13-7-5-6-8-15(13)22(16)3/h5-8,11,14,17,24H,4,9-10H2,1-3H3/t14-,17-,19-/m1/s1. The van der Waals surface area contributed by atoms with Gasteiger partial charge < -0.3 is 9.67 Å². The Kier molecular flexibility index (Phi) is 4.20. The number of carbonyl (C=O) groups excluding carboxylic acids is 1. The summed E-state index contributed by atoms with van der Waals surface area (Å²) in [5.41, 5.74) is 0.259. The van der Waals surface area contributed by atoms with Gasteiger partial charge in [0.2, 0.25) is 0 Å². The van der Waals surface area contributed by atoms with Crippen LogP contribution in [-0.4, -0.2) is 45.6 Å². The van der Waals surface area contributed by atoms with Crippen molar-refractivity contribution >= 4 is 16.7 Å². The molecule has 1 saturated heterocycles. The Hall–Kier alpha value is -2.16. The summed E-state index contributed by atoms with van der Waals surface area (Å²) in [6.07, 6.45) is 0.926. The monoisotopic (exact) mass is 325 g/mol. The first kappa shape index (κ1) is 16.7. The molecule has 3 rings (SSSR count). The maximum absolute atomic E-state index is 13.2. The van der Waals surface area contributed by atoms with Gasteiger partial charge in [0.25, 0.3) is 0 Å². The molecule has 5 heteroatoms. The first-order valence-electron chi connectivity index (χ1n) is 8.35. The van der Waals surface area contributed by atoms with E-state index < -0.39 is 17.6 Å². The molecule has 2 heterocycles. The van der Waals surface area contributed by atoms with Gasteiger partial charge in [-0.25, -0.2) is 0 Å². The summed E-state index contributed by atoms with van der Waals surface area (Å²) in [4.78, 5) is 15.1. The van der Waals surface area contributed by atoms with E-state index in [1.165, 1.54) is 0 Å². The van der Waals surface area contributed by atoms with Crippen LogP contribution in [0.15, 0.2) is 30.3 Å². The number of likely N-dealkylation sites (N-methyl/N-ethyl adjacent to an activating group) is 1. The number of aliphatic hydroxyl groups is 1. The average molecular weight is 325 g/mol. The van der Waals surface area contributed by atoms with E-state index in [1.807, 2.05) is 60.8 Å². The van der Waals surface area contributed by atoms with E-state index in [9.17, 15) is 15.2 Å². The zero-order valence-corrected chi connectivity index (χ0v) is 14.4. The van der Waals surface area contributed by atoms with Crippen molar-refractivity contribution in [1.82, 2.24) is 9.47 Å². The Morgan fingerprint density at radius 1 is 1.42 bits per heavy atom. The fourth-order valence-corrected chi connectivity index (χ4v) is 4.00. The average Bonchev–Trinajstić information content (AvgIpc) is 2.92. The molecule has 1 aromatic heterocycles. The molecule has 0 saturated carbocycles. The van der Waals surface area contributed by atoms with E-state index in [4.69, 9.17) is 0 Å². The molecule has 1 fully saturated rings. The van der Waals surface area contributed by atoms with Gasteiger partial charge in [0.1, 0.15) is 11.6 Å². The highest BCUT2D eigenvalue weighted by Crippen LogP contribution is 2.37. The number of fused-ring (bicyclic) bond motifs is 1. The van der Waals surface area contributed by atoms with Gasteiger partial charge >= 0.3 is 0 Å². The second-order valence-electron chi connectivity index (χ2n) is 6.71. The van der Waals surface area contributed by atoms with Crippen molar-refractivity contribution in [3.63, 3.8) is 0 Å². The fraction of sp³-hybridized carbons (Fsp3) is 0.474. The molecule has 2 aromatic rings. The molecular formula is C19H23N3O2. The Labute approximate surface area is 142 Å². The number of hydrogen-bond donors (Lipinski definition) is 1. The lowest BCUT2D eigenvalue weighted by atomic mass is 9.71. The third-order valence-corrected chi connectivity index (χ3v) is 5.50. The Balaban J connectivity index is 2.04. The third-order valence-electron chi connectivity index (χ3n) is 5.50.